The van der Waals surface area contributed by atoms with Gasteiger partial charge in [0.15, 0.2) is 5.41 Å². The van der Waals surface area contributed by atoms with Crippen LogP contribution in [-0.2, 0) is 24.5 Å². The van der Waals surface area contributed by atoms with E-state index in [0.717, 1.165) is 0 Å². The summed E-state index contributed by atoms with van der Waals surface area (Å²) in [5.41, 5.74) is -1.58. The number of H-pyrrole nitrogens is 1. The summed E-state index contributed by atoms with van der Waals surface area (Å²) in [5, 5.41) is 0. The first-order valence-electron chi connectivity index (χ1n) is 6.00. The Bertz CT molecular complexity index is 482. The molecular formula is C13H17NO5. The molecule has 0 saturated carbocycles. The number of carbonyl (C=O) groups is 2. The smallest absolute Gasteiger partial charge is 0.327 e. The predicted octanol–water partition coefficient (Wildman–Crippen LogP) is 0.759. The summed E-state index contributed by atoms with van der Waals surface area (Å²) in [7, 11) is 0. The maximum Gasteiger partial charge on any atom is 0.327 e. The van der Waals surface area contributed by atoms with Gasteiger partial charge in [-0.05, 0) is 26.3 Å². The summed E-state index contributed by atoms with van der Waals surface area (Å²) in [4.78, 5) is 37.6. The molecular weight excluding hydrogens is 250 g/mol. The lowest BCUT2D eigenvalue weighted by Gasteiger charge is -2.25. The molecule has 0 aliphatic rings. The molecule has 0 bridgehead atoms. The lowest BCUT2D eigenvalue weighted by Crippen LogP contribution is -2.43. The lowest BCUT2D eigenvalue weighted by molar-refractivity contribution is -0.163. The highest BCUT2D eigenvalue weighted by Gasteiger charge is 2.46. The zero-order valence-electron chi connectivity index (χ0n) is 11.2. The predicted molar refractivity (Wildman–Crippen MR) is 67.7 cm³/mol. The number of aromatic nitrogens is 1. The fourth-order valence-electron chi connectivity index (χ4n) is 1.59. The summed E-state index contributed by atoms with van der Waals surface area (Å²) in [5.74, 6) is -1.42. The highest BCUT2D eigenvalue weighted by molar-refractivity contribution is 6.05. The van der Waals surface area contributed by atoms with E-state index >= 15 is 0 Å². The van der Waals surface area contributed by atoms with Gasteiger partial charge in [-0.1, -0.05) is 6.07 Å². The minimum atomic E-state index is -1.59. The lowest BCUT2D eigenvalue weighted by atomic mass is 9.83. The molecule has 0 aliphatic heterocycles. The molecule has 0 unspecified atom stereocenters. The fourth-order valence-corrected chi connectivity index (χ4v) is 1.59. The van der Waals surface area contributed by atoms with E-state index in [1.807, 2.05) is 0 Å². The Kier molecular flexibility index (Phi) is 4.86. The van der Waals surface area contributed by atoms with E-state index < -0.39 is 17.4 Å². The van der Waals surface area contributed by atoms with Crippen molar-refractivity contribution in [1.82, 2.24) is 4.98 Å². The Morgan fingerprint density at radius 3 is 2.05 bits per heavy atom. The number of aromatic amines is 1. The number of carbonyl (C=O) groups excluding carboxylic acids is 2. The summed E-state index contributed by atoms with van der Waals surface area (Å²) < 4.78 is 9.85. The van der Waals surface area contributed by atoms with Crippen molar-refractivity contribution in [2.24, 2.45) is 0 Å². The Hall–Kier alpha value is -2.11. The van der Waals surface area contributed by atoms with Crippen LogP contribution < -0.4 is 5.56 Å². The molecule has 0 aliphatic carbocycles. The average molecular weight is 267 g/mol. The minimum absolute atomic E-state index is 0.150. The van der Waals surface area contributed by atoms with Gasteiger partial charge in [0.25, 0.3) is 0 Å². The zero-order chi connectivity index (χ0) is 14.5. The molecule has 0 atom stereocenters. The number of pyridine rings is 1. The monoisotopic (exact) mass is 267 g/mol. The molecule has 1 aromatic heterocycles. The van der Waals surface area contributed by atoms with Gasteiger partial charge in [-0.2, -0.15) is 0 Å². The number of hydrogen-bond acceptors (Lipinski definition) is 5. The second-order valence-corrected chi connectivity index (χ2v) is 4.01. The molecule has 0 fully saturated rings. The van der Waals surface area contributed by atoms with E-state index in [0.29, 0.717) is 5.56 Å². The molecule has 0 radical (unpaired) electrons. The van der Waals surface area contributed by atoms with Gasteiger partial charge in [0.1, 0.15) is 0 Å². The number of hydrogen-bond donors (Lipinski definition) is 1. The van der Waals surface area contributed by atoms with Crippen LogP contribution in [0, 0.1) is 0 Å². The molecule has 19 heavy (non-hydrogen) atoms. The second-order valence-electron chi connectivity index (χ2n) is 4.01. The van der Waals surface area contributed by atoms with E-state index in [9.17, 15) is 14.4 Å². The summed E-state index contributed by atoms with van der Waals surface area (Å²) in [6, 6.07) is 2.65. The Morgan fingerprint density at radius 2 is 1.68 bits per heavy atom. The number of esters is 2. The maximum atomic E-state index is 12.1. The van der Waals surface area contributed by atoms with E-state index in [2.05, 4.69) is 4.98 Å². The van der Waals surface area contributed by atoms with Crippen LogP contribution in [0.2, 0.25) is 0 Å². The van der Waals surface area contributed by atoms with E-state index in [1.165, 1.54) is 25.3 Å². The third-order valence-corrected chi connectivity index (χ3v) is 2.73. The van der Waals surface area contributed by atoms with Crippen molar-refractivity contribution in [1.29, 1.82) is 0 Å². The highest BCUT2D eigenvalue weighted by atomic mass is 16.6. The van der Waals surface area contributed by atoms with Crippen LogP contribution in [0.5, 0.6) is 0 Å². The first-order valence-corrected chi connectivity index (χ1v) is 6.00. The van der Waals surface area contributed by atoms with Gasteiger partial charge in [-0.3, -0.25) is 14.4 Å². The van der Waals surface area contributed by atoms with Gasteiger partial charge in [0, 0.05) is 12.3 Å². The highest BCUT2D eigenvalue weighted by Crippen LogP contribution is 2.26. The summed E-state index contributed by atoms with van der Waals surface area (Å²) in [6.07, 6.45) is 1.32. The van der Waals surface area contributed by atoms with Gasteiger partial charge < -0.3 is 14.5 Å². The SMILES string of the molecule is CCOC(=O)C(C)(C(=O)OCC)c1ccc(=O)[nH]c1. The molecule has 0 spiro atoms. The second kappa shape index (κ2) is 6.17. The largest absolute Gasteiger partial charge is 0.465 e. The van der Waals surface area contributed by atoms with Crippen LogP contribution in [-0.4, -0.2) is 30.1 Å². The van der Waals surface area contributed by atoms with Crippen molar-refractivity contribution in [3.63, 3.8) is 0 Å². The molecule has 1 aromatic rings. The molecule has 0 saturated heterocycles. The average Bonchev–Trinajstić information content (AvgIpc) is 2.39. The van der Waals surface area contributed by atoms with Crippen LogP contribution in [0.3, 0.4) is 0 Å². The Morgan fingerprint density at radius 1 is 1.16 bits per heavy atom. The summed E-state index contributed by atoms with van der Waals surface area (Å²) >= 11 is 0. The fraction of sp³-hybridized carbons (Fsp3) is 0.462. The van der Waals surface area contributed by atoms with Crippen LogP contribution in [0.4, 0.5) is 0 Å². The Balaban J connectivity index is 3.25. The maximum absolute atomic E-state index is 12.1. The number of nitrogens with one attached hydrogen (secondary N) is 1. The van der Waals surface area contributed by atoms with E-state index in [-0.39, 0.29) is 18.8 Å². The first-order chi connectivity index (χ1) is 8.96. The Labute approximate surface area is 110 Å². The molecule has 1 rings (SSSR count). The molecule has 1 N–H and O–H groups in total. The van der Waals surface area contributed by atoms with Gasteiger partial charge in [0.2, 0.25) is 5.56 Å². The van der Waals surface area contributed by atoms with Crippen LogP contribution >= 0.6 is 0 Å². The molecule has 1 heterocycles. The molecule has 0 amide bonds. The summed E-state index contributed by atoms with van der Waals surface area (Å²) in [6.45, 7) is 5.01. The van der Waals surface area contributed by atoms with E-state index in [4.69, 9.17) is 9.47 Å². The third kappa shape index (κ3) is 3.01. The zero-order valence-corrected chi connectivity index (χ0v) is 11.2. The quantitative estimate of drug-likeness (QED) is 0.628. The van der Waals surface area contributed by atoms with Crippen molar-refractivity contribution in [2.75, 3.05) is 13.2 Å². The van der Waals surface area contributed by atoms with Crippen molar-refractivity contribution in [3.8, 4) is 0 Å². The first kappa shape index (κ1) is 14.9. The number of ether oxygens (including phenoxy) is 2. The van der Waals surface area contributed by atoms with Gasteiger partial charge in [-0.15, -0.1) is 0 Å². The van der Waals surface area contributed by atoms with E-state index in [1.54, 1.807) is 13.8 Å². The molecule has 6 nitrogen and oxygen atoms in total. The van der Waals surface area contributed by atoms with Gasteiger partial charge in [0.05, 0.1) is 13.2 Å². The van der Waals surface area contributed by atoms with Crippen molar-refractivity contribution in [2.45, 2.75) is 26.2 Å². The van der Waals surface area contributed by atoms with Crippen molar-refractivity contribution < 1.29 is 19.1 Å². The normalized spacial score (nSPS) is 10.9. The third-order valence-electron chi connectivity index (χ3n) is 2.73. The molecule has 6 heteroatoms. The minimum Gasteiger partial charge on any atom is -0.465 e. The van der Waals surface area contributed by atoms with Crippen molar-refractivity contribution >= 4 is 11.9 Å². The van der Waals surface area contributed by atoms with Crippen LogP contribution in [0.25, 0.3) is 0 Å². The van der Waals surface area contributed by atoms with Crippen molar-refractivity contribution in [3.05, 3.63) is 34.2 Å². The van der Waals surface area contributed by atoms with Gasteiger partial charge >= 0.3 is 11.9 Å². The standard InChI is InChI=1S/C13H17NO5/c1-4-18-11(16)13(3,12(17)19-5-2)9-6-7-10(15)14-8-9/h6-8H,4-5H2,1-3H3,(H,14,15). The molecule has 0 aromatic carbocycles. The molecule has 104 valence electrons. The number of rotatable bonds is 5. The van der Waals surface area contributed by atoms with Crippen LogP contribution in [0.1, 0.15) is 26.3 Å². The topological polar surface area (TPSA) is 85.5 Å². The van der Waals surface area contributed by atoms with Gasteiger partial charge in [-0.25, -0.2) is 0 Å². The van der Waals surface area contributed by atoms with Crippen LogP contribution in [0.15, 0.2) is 23.1 Å².